The number of anilines is 1. The van der Waals surface area contributed by atoms with E-state index in [0.29, 0.717) is 31.0 Å². The molecule has 162 valence electrons. The molecule has 0 radical (unpaired) electrons. The van der Waals surface area contributed by atoms with Crippen LogP contribution in [0.15, 0.2) is 58.3 Å². The largest absolute Gasteiger partial charge is 0.373 e. The van der Waals surface area contributed by atoms with Crippen molar-refractivity contribution in [1.82, 2.24) is 4.31 Å². The number of amides is 1. The van der Waals surface area contributed by atoms with Crippen LogP contribution in [-0.2, 0) is 19.6 Å². The van der Waals surface area contributed by atoms with Gasteiger partial charge in [0.1, 0.15) is 0 Å². The first-order chi connectivity index (χ1) is 14.2. The van der Waals surface area contributed by atoms with Crippen molar-refractivity contribution in [3.8, 4) is 0 Å². The smallest absolute Gasteiger partial charge is 0.243 e. The summed E-state index contributed by atoms with van der Waals surface area (Å²) in [6.45, 7) is 6.45. The number of hydrogen-bond donors (Lipinski definition) is 1. The van der Waals surface area contributed by atoms with Crippen LogP contribution in [0, 0.1) is 6.92 Å². The van der Waals surface area contributed by atoms with Crippen LogP contribution < -0.4 is 5.32 Å². The van der Waals surface area contributed by atoms with Crippen LogP contribution in [0.4, 0.5) is 5.69 Å². The first-order valence-corrected chi connectivity index (χ1v) is 12.4. The monoisotopic (exact) mass is 448 g/mol. The number of carbonyl (C=O) groups is 1. The molecule has 6 nitrogen and oxygen atoms in total. The van der Waals surface area contributed by atoms with Gasteiger partial charge in [0.05, 0.1) is 17.1 Å². The summed E-state index contributed by atoms with van der Waals surface area (Å²) >= 11 is 1.63. The van der Waals surface area contributed by atoms with Crippen molar-refractivity contribution in [1.29, 1.82) is 0 Å². The van der Waals surface area contributed by atoms with Gasteiger partial charge in [-0.2, -0.15) is 4.31 Å². The maximum Gasteiger partial charge on any atom is 0.243 e. The summed E-state index contributed by atoms with van der Waals surface area (Å²) in [6, 6.07) is 14.5. The average molecular weight is 449 g/mol. The molecule has 1 heterocycles. The molecule has 0 spiro atoms. The minimum absolute atomic E-state index is 0.0963. The minimum atomic E-state index is -3.58. The van der Waals surface area contributed by atoms with Gasteiger partial charge in [-0.05, 0) is 57.2 Å². The van der Waals surface area contributed by atoms with Crippen LogP contribution in [0.25, 0.3) is 0 Å². The number of aryl methyl sites for hydroxylation is 1. The van der Waals surface area contributed by atoms with Crippen LogP contribution in [-0.4, -0.2) is 49.7 Å². The summed E-state index contributed by atoms with van der Waals surface area (Å²) in [7, 11) is -3.58. The number of nitrogens with zero attached hydrogens (tertiary/aromatic N) is 1. The molecular formula is C22H28N2O4S2. The Balaban J connectivity index is 1.53. The highest BCUT2D eigenvalue weighted by Gasteiger charge is 2.32. The summed E-state index contributed by atoms with van der Waals surface area (Å²) in [5.74, 6) is 0.579. The molecule has 1 amide bonds. The highest BCUT2D eigenvalue weighted by molar-refractivity contribution is 7.99. The van der Waals surface area contributed by atoms with E-state index in [1.165, 1.54) is 22.0 Å². The Morgan fingerprint density at radius 1 is 1.07 bits per heavy atom. The molecule has 1 saturated heterocycles. The van der Waals surface area contributed by atoms with Crippen LogP contribution in [0.1, 0.15) is 25.8 Å². The van der Waals surface area contributed by atoms with Crippen LogP contribution in [0.2, 0.25) is 0 Å². The summed E-state index contributed by atoms with van der Waals surface area (Å²) in [5.41, 5.74) is 1.79. The fraction of sp³-hybridized carbons (Fsp3) is 0.409. The Kier molecular flexibility index (Phi) is 7.57. The number of carbonyl (C=O) groups excluding carboxylic acids is 1. The number of hydrogen-bond acceptors (Lipinski definition) is 5. The summed E-state index contributed by atoms with van der Waals surface area (Å²) in [4.78, 5) is 13.5. The highest BCUT2D eigenvalue weighted by Crippen LogP contribution is 2.23. The lowest BCUT2D eigenvalue weighted by Crippen LogP contribution is -2.48. The zero-order chi connectivity index (χ0) is 21.7. The van der Waals surface area contributed by atoms with Gasteiger partial charge in [0.15, 0.2) is 0 Å². The molecule has 0 aliphatic carbocycles. The summed E-state index contributed by atoms with van der Waals surface area (Å²) < 4.78 is 32.9. The number of sulfonamides is 1. The Labute approximate surface area is 183 Å². The molecule has 0 aromatic heterocycles. The minimum Gasteiger partial charge on any atom is -0.373 e. The quantitative estimate of drug-likeness (QED) is 0.650. The van der Waals surface area contributed by atoms with Crippen molar-refractivity contribution in [2.45, 2.75) is 49.2 Å². The van der Waals surface area contributed by atoms with Crippen molar-refractivity contribution in [3.05, 3.63) is 54.1 Å². The van der Waals surface area contributed by atoms with Gasteiger partial charge < -0.3 is 10.1 Å². The van der Waals surface area contributed by atoms with Crippen LogP contribution in [0.3, 0.4) is 0 Å². The molecule has 8 heteroatoms. The number of ether oxygens (including phenoxy) is 1. The zero-order valence-corrected chi connectivity index (χ0v) is 19.1. The van der Waals surface area contributed by atoms with E-state index >= 15 is 0 Å². The lowest BCUT2D eigenvalue weighted by atomic mass is 10.2. The normalized spacial score (nSPS) is 20.1. The van der Waals surface area contributed by atoms with Gasteiger partial charge in [0, 0.05) is 35.8 Å². The maximum absolute atomic E-state index is 12.9. The Morgan fingerprint density at radius 2 is 1.67 bits per heavy atom. The Bertz CT molecular complexity index is 950. The molecule has 1 N–H and O–H groups in total. The molecule has 30 heavy (non-hydrogen) atoms. The second-order valence-electron chi connectivity index (χ2n) is 7.56. The van der Waals surface area contributed by atoms with Crippen molar-refractivity contribution < 1.29 is 17.9 Å². The summed E-state index contributed by atoms with van der Waals surface area (Å²) in [5, 5.41) is 2.83. The third-order valence-corrected chi connectivity index (χ3v) is 7.64. The standard InChI is InChI=1S/C22H28N2O4S2/c1-16-4-8-20(9-5-16)29-13-12-22(25)23-19-6-10-21(11-7-19)30(26,27)24-14-17(2)28-18(3)15-24/h4-11,17-18H,12-15H2,1-3H3,(H,23,25)/t17-,18-/m1/s1. The van der Waals surface area contributed by atoms with Crippen molar-refractivity contribution >= 4 is 33.4 Å². The van der Waals surface area contributed by atoms with E-state index in [4.69, 9.17) is 4.74 Å². The number of benzene rings is 2. The molecule has 0 unspecified atom stereocenters. The van der Waals surface area contributed by atoms with E-state index in [-0.39, 0.29) is 23.0 Å². The number of thioether (sulfide) groups is 1. The Morgan fingerprint density at radius 3 is 2.27 bits per heavy atom. The average Bonchev–Trinajstić information content (AvgIpc) is 2.69. The number of rotatable bonds is 7. The third kappa shape index (κ3) is 6.07. The first kappa shape index (κ1) is 22.8. The highest BCUT2D eigenvalue weighted by atomic mass is 32.2. The molecule has 2 aromatic carbocycles. The zero-order valence-electron chi connectivity index (χ0n) is 17.5. The van der Waals surface area contributed by atoms with E-state index < -0.39 is 10.0 Å². The maximum atomic E-state index is 12.9. The third-order valence-electron chi connectivity index (χ3n) is 4.78. The Hall–Kier alpha value is -1.87. The van der Waals surface area contributed by atoms with Gasteiger partial charge >= 0.3 is 0 Å². The van der Waals surface area contributed by atoms with Crippen LogP contribution >= 0.6 is 11.8 Å². The predicted molar refractivity (Wildman–Crippen MR) is 120 cm³/mol. The van der Waals surface area contributed by atoms with E-state index in [1.54, 1.807) is 23.9 Å². The molecule has 1 aliphatic heterocycles. The molecular weight excluding hydrogens is 420 g/mol. The van der Waals surface area contributed by atoms with E-state index in [9.17, 15) is 13.2 Å². The van der Waals surface area contributed by atoms with Crippen molar-refractivity contribution in [3.63, 3.8) is 0 Å². The van der Waals surface area contributed by atoms with Crippen LogP contribution in [0.5, 0.6) is 0 Å². The molecule has 1 fully saturated rings. The van der Waals surface area contributed by atoms with Crippen molar-refractivity contribution in [2.24, 2.45) is 0 Å². The number of nitrogens with one attached hydrogen (secondary N) is 1. The van der Waals surface area contributed by atoms with E-state index in [0.717, 1.165) is 4.90 Å². The molecule has 0 bridgehead atoms. The SMILES string of the molecule is Cc1ccc(SCCC(=O)Nc2ccc(S(=O)(=O)N3C[C@@H](C)O[C@H](C)C3)cc2)cc1. The van der Waals surface area contributed by atoms with Gasteiger partial charge in [0.2, 0.25) is 15.9 Å². The molecule has 3 rings (SSSR count). The van der Waals surface area contributed by atoms with E-state index in [1.807, 2.05) is 32.9 Å². The van der Waals surface area contributed by atoms with Gasteiger partial charge in [0.25, 0.3) is 0 Å². The first-order valence-electron chi connectivity index (χ1n) is 9.99. The topological polar surface area (TPSA) is 75.7 Å². The lowest BCUT2D eigenvalue weighted by Gasteiger charge is -2.34. The molecule has 1 aliphatic rings. The van der Waals surface area contributed by atoms with Crippen molar-refractivity contribution in [2.75, 3.05) is 24.2 Å². The van der Waals surface area contributed by atoms with Gasteiger partial charge in [-0.3, -0.25) is 4.79 Å². The van der Waals surface area contributed by atoms with Gasteiger partial charge in [-0.25, -0.2) is 8.42 Å². The summed E-state index contributed by atoms with van der Waals surface area (Å²) in [6.07, 6.45) is 0.0991. The van der Waals surface area contributed by atoms with E-state index in [2.05, 4.69) is 17.4 Å². The molecule has 2 atom stereocenters. The predicted octanol–water partition coefficient (Wildman–Crippen LogP) is 3.91. The van der Waals surface area contributed by atoms with Gasteiger partial charge in [-0.1, -0.05) is 17.7 Å². The van der Waals surface area contributed by atoms with Gasteiger partial charge in [-0.15, -0.1) is 11.8 Å². The fourth-order valence-corrected chi connectivity index (χ4v) is 5.75. The molecule has 2 aromatic rings. The second kappa shape index (κ2) is 9.96. The fourth-order valence-electron chi connectivity index (χ4n) is 3.31. The number of morpholine rings is 1. The molecule has 0 saturated carbocycles. The second-order valence-corrected chi connectivity index (χ2v) is 10.7. The lowest BCUT2D eigenvalue weighted by molar-refractivity contribution is -0.115.